The van der Waals surface area contributed by atoms with E-state index in [-0.39, 0.29) is 16.5 Å². The molecule has 0 heterocycles. The highest BCUT2D eigenvalue weighted by Gasteiger charge is 2.31. The number of nitrogens with zero attached hydrogens (tertiary/aromatic N) is 2. The average molecular weight is 314 g/mol. The predicted molar refractivity (Wildman–Crippen MR) is 89.6 cm³/mol. The lowest BCUT2D eigenvalue weighted by Crippen LogP contribution is -2.10. The fourth-order valence-corrected chi connectivity index (χ4v) is 4.12. The Hall–Kier alpha value is -2.17. The average Bonchev–Trinajstić information content (AvgIpc) is 3.00. The van der Waals surface area contributed by atoms with Crippen molar-refractivity contribution in [3.63, 3.8) is 0 Å². The first-order valence-corrected chi connectivity index (χ1v) is 8.36. The van der Waals surface area contributed by atoms with Crippen molar-refractivity contribution in [2.24, 2.45) is 17.0 Å². The highest BCUT2D eigenvalue weighted by molar-refractivity contribution is 5.86. The van der Waals surface area contributed by atoms with E-state index in [1.54, 1.807) is 18.3 Å². The Morgan fingerprint density at radius 3 is 2.70 bits per heavy atom. The second-order valence-electron chi connectivity index (χ2n) is 6.49. The van der Waals surface area contributed by atoms with Crippen LogP contribution in [0.4, 0.5) is 5.69 Å². The quantitative estimate of drug-likeness (QED) is 0.375. The normalized spacial score (nSPS) is 22.9. The van der Waals surface area contributed by atoms with Crippen molar-refractivity contribution in [3.8, 4) is 0 Å². The van der Waals surface area contributed by atoms with Crippen LogP contribution in [0.5, 0.6) is 0 Å². The molecule has 1 aromatic carbocycles. The van der Waals surface area contributed by atoms with Crippen LogP contribution >= 0.6 is 0 Å². The lowest BCUT2D eigenvalue weighted by atomic mass is 9.80. The van der Waals surface area contributed by atoms with Gasteiger partial charge in [-0.2, -0.15) is 0 Å². The Balaban J connectivity index is 2.03. The standard InChI is InChI=1S/C18H22N2O3/c21-19-12-15-9-10-17(13-5-2-1-3-6-13)18(15)14-7-4-8-16(11-14)20(22)23/h4,7-8,11-13,15,21H,1-3,5-6,9-10H2. The van der Waals surface area contributed by atoms with Gasteiger partial charge >= 0.3 is 0 Å². The molecule has 2 aliphatic carbocycles. The Kier molecular flexibility index (Phi) is 4.74. The Morgan fingerprint density at radius 1 is 1.22 bits per heavy atom. The van der Waals surface area contributed by atoms with Crippen molar-refractivity contribution in [2.45, 2.75) is 44.9 Å². The summed E-state index contributed by atoms with van der Waals surface area (Å²) in [5.41, 5.74) is 3.60. The summed E-state index contributed by atoms with van der Waals surface area (Å²) in [4.78, 5) is 10.7. The molecule has 1 atom stereocenters. The second-order valence-corrected chi connectivity index (χ2v) is 6.49. The zero-order valence-electron chi connectivity index (χ0n) is 13.1. The number of non-ortho nitro benzene ring substituents is 1. The summed E-state index contributed by atoms with van der Waals surface area (Å²) in [6.07, 6.45) is 9.73. The maximum absolute atomic E-state index is 11.1. The third-order valence-corrected chi connectivity index (χ3v) is 5.15. The molecule has 5 heteroatoms. The maximum atomic E-state index is 11.1. The minimum Gasteiger partial charge on any atom is -0.411 e. The van der Waals surface area contributed by atoms with Crippen molar-refractivity contribution in [1.82, 2.24) is 0 Å². The number of oxime groups is 1. The minimum atomic E-state index is -0.353. The molecule has 0 spiro atoms. The van der Waals surface area contributed by atoms with E-state index < -0.39 is 0 Å². The van der Waals surface area contributed by atoms with Gasteiger partial charge < -0.3 is 5.21 Å². The van der Waals surface area contributed by atoms with Crippen LogP contribution in [-0.2, 0) is 0 Å². The molecular formula is C18H22N2O3. The molecule has 1 saturated carbocycles. The van der Waals surface area contributed by atoms with E-state index in [4.69, 9.17) is 5.21 Å². The molecule has 0 amide bonds. The largest absolute Gasteiger partial charge is 0.411 e. The number of hydrogen-bond donors (Lipinski definition) is 1. The van der Waals surface area contributed by atoms with E-state index in [0.29, 0.717) is 5.92 Å². The van der Waals surface area contributed by atoms with Gasteiger partial charge in [0.15, 0.2) is 0 Å². The zero-order chi connectivity index (χ0) is 16.2. The Labute approximate surface area is 135 Å². The highest BCUT2D eigenvalue weighted by atomic mass is 16.6. The molecule has 1 fully saturated rings. The molecule has 0 bridgehead atoms. The van der Waals surface area contributed by atoms with Gasteiger partial charge in [-0.1, -0.05) is 37.0 Å². The summed E-state index contributed by atoms with van der Waals surface area (Å²) in [5, 5.41) is 23.3. The van der Waals surface area contributed by atoms with Gasteiger partial charge in [0.1, 0.15) is 0 Å². The molecule has 2 aliphatic rings. The van der Waals surface area contributed by atoms with Gasteiger partial charge in [0.25, 0.3) is 5.69 Å². The van der Waals surface area contributed by atoms with Gasteiger partial charge in [-0.15, -0.1) is 5.16 Å². The summed E-state index contributed by atoms with van der Waals surface area (Å²) < 4.78 is 0. The van der Waals surface area contributed by atoms with Gasteiger partial charge in [0.05, 0.1) is 11.1 Å². The van der Waals surface area contributed by atoms with Crippen LogP contribution in [0, 0.1) is 22.0 Å². The number of rotatable bonds is 4. The fraction of sp³-hybridized carbons (Fsp3) is 0.500. The van der Waals surface area contributed by atoms with Gasteiger partial charge in [-0.25, -0.2) is 0 Å². The molecule has 0 aliphatic heterocycles. The SMILES string of the molecule is O=[N+]([O-])c1cccc(C2=C(C3CCCCC3)CCC2C=NO)c1. The van der Waals surface area contributed by atoms with Gasteiger partial charge in [-0.3, -0.25) is 10.1 Å². The molecule has 5 nitrogen and oxygen atoms in total. The van der Waals surface area contributed by atoms with Gasteiger partial charge in [0.2, 0.25) is 0 Å². The van der Waals surface area contributed by atoms with Crippen LogP contribution in [0.15, 0.2) is 35.0 Å². The Bertz CT molecular complexity index is 645. The molecular weight excluding hydrogens is 292 g/mol. The summed E-state index contributed by atoms with van der Waals surface area (Å²) in [6, 6.07) is 6.86. The molecule has 1 unspecified atom stereocenters. The molecule has 23 heavy (non-hydrogen) atoms. The Morgan fingerprint density at radius 2 is 2.00 bits per heavy atom. The maximum Gasteiger partial charge on any atom is 0.270 e. The summed E-state index contributed by atoms with van der Waals surface area (Å²) >= 11 is 0. The lowest BCUT2D eigenvalue weighted by Gasteiger charge is -2.25. The van der Waals surface area contributed by atoms with Crippen molar-refractivity contribution < 1.29 is 10.1 Å². The predicted octanol–water partition coefficient (Wildman–Crippen LogP) is 4.80. The summed E-state index contributed by atoms with van der Waals surface area (Å²) in [6.45, 7) is 0. The molecule has 0 radical (unpaired) electrons. The van der Waals surface area contributed by atoms with Crippen LogP contribution in [0.2, 0.25) is 0 Å². The minimum absolute atomic E-state index is 0.0546. The van der Waals surface area contributed by atoms with E-state index in [0.717, 1.165) is 24.0 Å². The topological polar surface area (TPSA) is 75.7 Å². The van der Waals surface area contributed by atoms with E-state index in [9.17, 15) is 10.1 Å². The first-order chi connectivity index (χ1) is 11.2. The van der Waals surface area contributed by atoms with Gasteiger partial charge in [0, 0.05) is 18.1 Å². The molecule has 122 valence electrons. The summed E-state index contributed by atoms with van der Waals surface area (Å²) in [5.74, 6) is 0.633. The number of benzene rings is 1. The van der Waals surface area contributed by atoms with Crippen molar-refractivity contribution in [1.29, 1.82) is 0 Å². The summed E-state index contributed by atoms with van der Waals surface area (Å²) in [7, 11) is 0. The van der Waals surface area contributed by atoms with Crippen LogP contribution < -0.4 is 0 Å². The van der Waals surface area contributed by atoms with Crippen molar-refractivity contribution in [2.75, 3.05) is 0 Å². The van der Waals surface area contributed by atoms with Crippen molar-refractivity contribution in [3.05, 3.63) is 45.5 Å². The van der Waals surface area contributed by atoms with Crippen LogP contribution in [-0.4, -0.2) is 16.3 Å². The van der Waals surface area contributed by atoms with E-state index >= 15 is 0 Å². The van der Waals surface area contributed by atoms with E-state index in [1.165, 1.54) is 43.7 Å². The molecule has 3 rings (SSSR count). The number of nitro benzene ring substituents is 1. The third kappa shape index (κ3) is 3.28. The first-order valence-electron chi connectivity index (χ1n) is 8.36. The second kappa shape index (κ2) is 6.94. The number of hydrogen-bond acceptors (Lipinski definition) is 4. The van der Waals surface area contributed by atoms with Crippen LogP contribution in [0.25, 0.3) is 5.57 Å². The molecule has 1 N–H and O–H groups in total. The third-order valence-electron chi connectivity index (χ3n) is 5.15. The van der Waals surface area contributed by atoms with Crippen LogP contribution in [0.1, 0.15) is 50.5 Å². The number of nitro groups is 1. The van der Waals surface area contributed by atoms with E-state index in [2.05, 4.69) is 5.16 Å². The van der Waals surface area contributed by atoms with Crippen molar-refractivity contribution >= 4 is 17.5 Å². The number of allylic oxidation sites excluding steroid dienone is 2. The zero-order valence-corrected chi connectivity index (χ0v) is 13.1. The van der Waals surface area contributed by atoms with Gasteiger partial charge in [-0.05, 0) is 42.7 Å². The first kappa shape index (κ1) is 15.7. The molecule has 1 aromatic rings. The monoisotopic (exact) mass is 314 g/mol. The smallest absolute Gasteiger partial charge is 0.270 e. The molecule has 0 aromatic heterocycles. The van der Waals surface area contributed by atoms with Crippen LogP contribution in [0.3, 0.4) is 0 Å². The van der Waals surface area contributed by atoms with E-state index in [1.807, 2.05) is 6.07 Å². The fourth-order valence-electron chi connectivity index (χ4n) is 4.12. The molecule has 0 saturated heterocycles. The lowest BCUT2D eigenvalue weighted by molar-refractivity contribution is -0.384. The highest BCUT2D eigenvalue weighted by Crippen LogP contribution is 2.45.